The summed E-state index contributed by atoms with van der Waals surface area (Å²) >= 11 is 6.66. The second kappa shape index (κ2) is 14.6. The lowest BCUT2D eigenvalue weighted by Gasteiger charge is -2.30. The maximum absolute atomic E-state index is 16.2. The third kappa shape index (κ3) is 6.93. The van der Waals surface area contributed by atoms with E-state index in [1.54, 1.807) is 12.1 Å². The molecule has 3 heterocycles. The molecule has 6 aromatic rings. The van der Waals surface area contributed by atoms with E-state index in [-0.39, 0.29) is 62.1 Å². The van der Waals surface area contributed by atoms with E-state index in [9.17, 15) is 30.8 Å². The van der Waals surface area contributed by atoms with E-state index in [0.717, 1.165) is 60.6 Å². The summed E-state index contributed by atoms with van der Waals surface area (Å²) < 4.78 is 122. The van der Waals surface area contributed by atoms with Crippen molar-refractivity contribution in [3.63, 3.8) is 0 Å². The molecule has 61 heavy (non-hydrogen) atoms. The van der Waals surface area contributed by atoms with E-state index in [1.807, 2.05) is 6.07 Å². The number of carbonyl (C=O) groups is 1. The Bertz CT molecular complexity index is 2960. The van der Waals surface area contributed by atoms with E-state index in [2.05, 4.69) is 14.9 Å². The first-order valence-corrected chi connectivity index (χ1v) is 21.8. The highest BCUT2D eigenvalue weighted by atomic mass is 35.5. The van der Waals surface area contributed by atoms with Gasteiger partial charge in [0.1, 0.15) is 34.9 Å². The van der Waals surface area contributed by atoms with Crippen molar-refractivity contribution in [3.05, 3.63) is 109 Å². The van der Waals surface area contributed by atoms with Crippen molar-refractivity contribution < 1.29 is 39.6 Å². The highest BCUT2D eigenvalue weighted by molar-refractivity contribution is 7.92. The van der Waals surface area contributed by atoms with Gasteiger partial charge in [-0.1, -0.05) is 36.9 Å². The Labute approximate surface area is 348 Å². The van der Waals surface area contributed by atoms with Gasteiger partial charge in [0, 0.05) is 24.6 Å². The van der Waals surface area contributed by atoms with Gasteiger partial charge >= 0.3 is 0 Å². The van der Waals surface area contributed by atoms with Crippen LogP contribution in [0.25, 0.3) is 27.5 Å². The second-order valence-corrected chi connectivity index (χ2v) is 18.4. The van der Waals surface area contributed by atoms with Crippen LogP contribution < -0.4 is 16.0 Å². The number of nitrogens with two attached hydrogens (primary N) is 1. The Morgan fingerprint density at radius 3 is 2.39 bits per heavy atom. The molecule has 1 unspecified atom stereocenters. The summed E-state index contributed by atoms with van der Waals surface area (Å²) in [4.78, 5) is 34.2. The number of alkyl halides is 4. The number of aryl methyl sites for hydroxylation is 1. The minimum absolute atomic E-state index is 0.00713. The quantitative estimate of drug-likeness (QED) is 0.125. The van der Waals surface area contributed by atoms with Crippen molar-refractivity contribution in [1.29, 1.82) is 0 Å². The zero-order valence-corrected chi connectivity index (χ0v) is 34.1. The molecule has 20 heteroatoms. The molecule has 2 fully saturated rings. The van der Waals surface area contributed by atoms with E-state index in [4.69, 9.17) is 22.3 Å². The average molecular weight is 887 g/mol. The molecular weight excluding hydrogens is 850 g/mol. The molecule has 0 aliphatic heterocycles. The van der Waals surface area contributed by atoms with Gasteiger partial charge in [-0.25, -0.2) is 35.6 Å². The second-order valence-electron chi connectivity index (χ2n) is 16.3. The van der Waals surface area contributed by atoms with E-state index in [0.29, 0.717) is 10.7 Å². The summed E-state index contributed by atoms with van der Waals surface area (Å²) in [6.07, 6.45) is 1.62. The van der Waals surface area contributed by atoms with Crippen LogP contribution in [0.4, 0.5) is 32.2 Å². The molecule has 3 aromatic carbocycles. The summed E-state index contributed by atoms with van der Waals surface area (Å²) in [5, 5.41) is 8.38. The molecular formula is C41H37ClF6N8O4S. The number of benzene rings is 3. The van der Waals surface area contributed by atoms with Crippen LogP contribution >= 0.6 is 11.6 Å². The number of primary amides is 1. The number of nitrogens with one attached hydrogen (secondary N) is 1. The molecule has 9 rings (SSSR count). The number of halogens is 7. The molecule has 0 saturated heterocycles. The Morgan fingerprint density at radius 2 is 1.74 bits per heavy atom. The van der Waals surface area contributed by atoms with Gasteiger partial charge in [0.25, 0.3) is 17.9 Å². The van der Waals surface area contributed by atoms with Crippen LogP contribution in [0.15, 0.2) is 53.3 Å². The predicted octanol–water partition coefficient (Wildman–Crippen LogP) is 8.02. The third-order valence-electron chi connectivity index (χ3n) is 12.2. The first-order chi connectivity index (χ1) is 28.8. The van der Waals surface area contributed by atoms with Crippen molar-refractivity contribution in [3.8, 4) is 5.69 Å². The summed E-state index contributed by atoms with van der Waals surface area (Å²) in [7, 11) is -2.50. The normalized spacial score (nSPS) is 19.6. The van der Waals surface area contributed by atoms with Crippen LogP contribution in [0.1, 0.15) is 103 Å². The zero-order valence-electron chi connectivity index (χ0n) is 32.5. The number of fused-ring (bicyclic) bond motifs is 5. The fraction of sp³-hybridized carbons (Fsp3) is 0.390. The van der Waals surface area contributed by atoms with Crippen molar-refractivity contribution >= 4 is 55.2 Å². The largest absolute Gasteiger partial charge is 0.368 e. The van der Waals surface area contributed by atoms with E-state index < -0.39 is 92.6 Å². The lowest BCUT2D eigenvalue weighted by molar-refractivity contribution is -0.122. The van der Waals surface area contributed by atoms with Crippen LogP contribution in [0.5, 0.6) is 0 Å². The van der Waals surface area contributed by atoms with Gasteiger partial charge in [-0.05, 0) is 85.0 Å². The number of hydrogen-bond donors (Lipinski definition) is 2. The number of amides is 1. The fourth-order valence-electron chi connectivity index (χ4n) is 9.61. The molecule has 3 aliphatic rings. The predicted molar refractivity (Wildman–Crippen MR) is 214 cm³/mol. The Morgan fingerprint density at radius 1 is 1.03 bits per heavy atom. The Hall–Kier alpha value is -5.43. The number of anilines is 1. The number of hydrogen-bond acceptors (Lipinski definition) is 7. The van der Waals surface area contributed by atoms with Crippen LogP contribution in [0.2, 0.25) is 5.02 Å². The lowest BCUT2D eigenvalue weighted by atomic mass is 9.84. The van der Waals surface area contributed by atoms with Crippen LogP contribution in [0, 0.1) is 17.6 Å². The van der Waals surface area contributed by atoms with Gasteiger partial charge in [0.2, 0.25) is 15.9 Å². The molecule has 0 spiro atoms. The highest BCUT2D eigenvalue weighted by Crippen LogP contribution is 2.68. The number of sulfonamides is 1. The topological polar surface area (TPSA) is 160 Å². The van der Waals surface area contributed by atoms with E-state index >= 15 is 13.6 Å². The average Bonchev–Trinajstić information content (AvgIpc) is 3.71. The van der Waals surface area contributed by atoms with Crippen LogP contribution in [0.3, 0.4) is 0 Å². The SMILES string of the molecule is Cn1nc(NS(C)(=O)=O)c2c(Cl)ccc(-n3c([C@@H](Cc4cc(F)cc(F)c4)C(C(N)=O)n4nc(C(F)F)c5c4C(F)(F)[C@@H]4C[C@H]54)nc4cc(C5CCCCC5)ccc4c3=O)c21. The molecule has 4 atom stereocenters. The standard InChI is InChI=1S/C41H37ClF6N8O4S/c1-54-34-29(11-10-27(42)31(34)38(52-54)53-61(2,59)60)55-39(50-28-15-20(8-9-23(28)40(55)58)19-6-4-3-5-7-19)25(14-18-12-21(43)16-22(44)13-18)33(37(49)57)56-35-30(32(51-56)36(45)46)24-17-26(24)41(35,47)48/h8-13,15-16,19,24-26,33,36H,3-7,14,17H2,1-2H3,(H2,49,57)(H,52,53)/t24-,25-,26+,33?/m0/s1. The fourth-order valence-corrected chi connectivity index (χ4v) is 10.3. The van der Waals surface area contributed by atoms with Gasteiger partial charge in [-0.2, -0.15) is 19.0 Å². The van der Waals surface area contributed by atoms with Crippen LogP contribution in [-0.2, 0) is 34.2 Å². The van der Waals surface area contributed by atoms with Crippen molar-refractivity contribution in [1.82, 2.24) is 29.1 Å². The molecule has 0 bridgehead atoms. The van der Waals surface area contributed by atoms with Gasteiger partial charge in [0.05, 0.1) is 44.7 Å². The van der Waals surface area contributed by atoms with Crippen molar-refractivity contribution in [2.45, 2.75) is 81.1 Å². The van der Waals surface area contributed by atoms with Gasteiger partial charge in [-0.15, -0.1) is 0 Å². The molecule has 3 aromatic heterocycles. The highest BCUT2D eigenvalue weighted by Gasteiger charge is 2.67. The summed E-state index contributed by atoms with van der Waals surface area (Å²) in [6.45, 7) is 0. The van der Waals surface area contributed by atoms with Crippen molar-refractivity contribution in [2.75, 3.05) is 11.0 Å². The van der Waals surface area contributed by atoms with Gasteiger partial charge in [0.15, 0.2) is 5.82 Å². The minimum atomic E-state index is -3.94. The van der Waals surface area contributed by atoms with Gasteiger partial charge < -0.3 is 5.73 Å². The smallest absolute Gasteiger partial charge is 0.293 e. The number of nitrogens with zero attached hydrogens (tertiary/aromatic N) is 6. The Kier molecular flexibility index (Phi) is 9.80. The third-order valence-corrected chi connectivity index (χ3v) is 13.1. The molecule has 3 aliphatic carbocycles. The van der Waals surface area contributed by atoms with Crippen molar-refractivity contribution in [2.24, 2.45) is 18.7 Å². The van der Waals surface area contributed by atoms with E-state index in [1.165, 1.54) is 23.9 Å². The number of carbonyl (C=O) groups excluding carboxylic acids is 1. The first kappa shape index (κ1) is 40.9. The van der Waals surface area contributed by atoms with Gasteiger partial charge in [-0.3, -0.25) is 23.6 Å². The monoisotopic (exact) mass is 886 g/mol. The molecule has 3 N–H and O–H groups in total. The Balaban J connectivity index is 1.38. The maximum atomic E-state index is 16.2. The lowest BCUT2D eigenvalue weighted by Crippen LogP contribution is -2.39. The number of rotatable bonds is 11. The molecule has 1 amide bonds. The molecule has 12 nitrogen and oxygen atoms in total. The summed E-state index contributed by atoms with van der Waals surface area (Å²) in [5.41, 5.74) is 3.94. The molecule has 0 radical (unpaired) electrons. The number of aromatic nitrogens is 6. The summed E-state index contributed by atoms with van der Waals surface area (Å²) in [6, 6.07) is 8.23. The molecule has 2 saturated carbocycles. The summed E-state index contributed by atoms with van der Waals surface area (Å²) in [5.74, 6) is -11.6. The zero-order chi connectivity index (χ0) is 43.4. The maximum Gasteiger partial charge on any atom is 0.293 e. The molecule has 320 valence electrons. The first-order valence-electron chi connectivity index (χ1n) is 19.6. The van der Waals surface area contributed by atoms with Crippen LogP contribution in [-0.4, -0.2) is 49.7 Å². The minimum Gasteiger partial charge on any atom is -0.368 e.